The summed E-state index contributed by atoms with van der Waals surface area (Å²) in [5.74, 6) is -1.74. The van der Waals surface area contributed by atoms with Gasteiger partial charge in [0.1, 0.15) is 11.4 Å². The highest BCUT2D eigenvalue weighted by Crippen LogP contribution is 2.22. The first-order chi connectivity index (χ1) is 13.0. The predicted octanol–water partition coefficient (Wildman–Crippen LogP) is 3.18. The number of para-hydroxylation sites is 1. The fourth-order valence-corrected chi connectivity index (χ4v) is 3.36. The van der Waals surface area contributed by atoms with Gasteiger partial charge in [-0.15, -0.1) is 0 Å². The molecule has 0 saturated heterocycles. The number of esters is 1. The lowest BCUT2D eigenvalue weighted by Crippen LogP contribution is -2.20. The molecule has 0 saturated carbocycles. The molecule has 1 amide bonds. The smallest absolute Gasteiger partial charge is 0.344 e. The summed E-state index contributed by atoms with van der Waals surface area (Å²) in [4.78, 5) is 39.9. The van der Waals surface area contributed by atoms with E-state index >= 15 is 0 Å². The second-order valence-corrected chi connectivity index (χ2v) is 6.53. The number of benzene rings is 2. The third-order valence-electron chi connectivity index (χ3n) is 3.72. The zero-order valence-corrected chi connectivity index (χ0v) is 15.1. The Morgan fingerprint density at radius 2 is 1.96 bits per heavy atom. The molecule has 0 spiro atoms. The molecular weight excluding hydrogens is 371 g/mol. The number of anilines is 1. The van der Waals surface area contributed by atoms with E-state index in [9.17, 15) is 18.8 Å². The molecule has 3 aromatic rings. The summed E-state index contributed by atoms with van der Waals surface area (Å²) in [6.07, 6.45) is 0. The summed E-state index contributed by atoms with van der Waals surface area (Å²) < 4.78 is 17.9. The summed E-state index contributed by atoms with van der Waals surface area (Å²) >= 11 is 0.989. The number of nitrogens with one attached hydrogen (secondary N) is 2. The summed E-state index contributed by atoms with van der Waals surface area (Å²) in [6, 6.07) is 12.3. The molecular formula is C19H15FN2O4S. The fraction of sp³-hybridized carbons (Fsp3) is 0.105. The van der Waals surface area contributed by atoms with Crippen molar-refractivity contribution in [3.8, 4) is 0 Å². The maximum absolute atomic E-state index is 13.2. The molecule has 0 bridgehead atoms. The van der Waals surface area contributed by atoms with E-state index in [2.05, 4.69) is 10.3 Å². The molecule has 0 aliphatic heterocycles. The Hall–Kier alpha value is -3.13. The Bertz CT molecular complexity index is 1080. The highest BCUT2D eigenvalue weighted by molar-refractivity contribution is 8.00. The van der Waals surface area contributed by atoms with Crippen molar-refractivity contribution < 1.29 is 18.7 Å². The second-order valence-electron chi connectivity index (χ2n) is 5.54. The zero-order chi connectivity index (χ0) is 19.4. The Morgan fingerprint density at radius 3 is 2.70 bits per heavy atom. The minimum atomic E-state index is -0.782. The molecule has 138 valence electrons. The van der Waals surface area contributed by atoms with Gasteiger partial charge in [-0.25, -0.2) is 9.18 Å². The van der Waals surface area contributed by atoms with Crippen molar-refractivity contribution in [2.24, 2.45) is 0 Å². The number of hydrogen-bond donors (Lipinski definition) is 2. The Kier molecular flexibility index (Phi) is 5.56. The summed E-state index contributed by atoms with van der Waals surface area (Å²) in [6.45, 7) is 0. The van der Waals surface area contributed by atoms with Gasteiger partial charge in [0.25, 0.3) is 0 Å². The van der Waals surface area contributed by atoms with Crippen molar-refractivity contribution in [1.82, 2.24) is 4.98 Å². The topological polar surface area (TPSA) is 88.3 Å². The molecule has 6 nitrogen and oxygen atoms in total. The van der Waals surface area contributed by atoms with Gasteiger partial charge in [-0.3, -0.25) is 9.59 Å². The van der Waals surface area contributed by atoms with Crippen LogP contribution in [-0.2, 0) is 9.53 Å². The number of pyridine rings is 1. The summed E-state index contributed by atoms with van der Waals surface area (Å²) in [5.41, 5.74) is 0.244. The number of thioether (sulfide) groups is 1. The Balaban J connectivity index is 1.86. The number of fused-ring (bicyclic) bond motifs is 1. The minimum Gasteiger partial charge on any atom is -0.465 e. The zero-order valence-electron chi connectivity index (χ0n) is 14.2. The van der Waals surface area contributed by atoms with E-state index in [-0.39, 0.29) is 16.3 Å². The van der Waals surface area contributed by atoms with Crippen LogP contribution in [0.2, 0.25) is 0 Å². The van der Waals surface area contributed by atoms with Crippen LogP contribution in [0.3, 0.4) is 0 Å². The number of H-pyrrole nitrogens is 1. The van der Waals surface area contributed by atoms with Crippen LogP contribution in [0, 0.1) is 5.82 Å². The summed E-state index contributed by atoms with van der Waals surface area (Å²) in [5, 5.41) is 3.15. The number of ether oxygens (including phenoxy) is 1. The first-order valence-electron chi connectivity index (χ1n) is 7.91. The number of amides is 1. The minimum absolute atomic E-state index is 0.0885. The van der Waals surface area contributed by atoms with Crippen molar-refractivity contribution in [3.05, 3.63) is 70.1 Å². The van der Waals surface area contributed by atoms with Crippen molar-refractivity contribution in [1.29, 1.82) is 0 Å². The molecule has 1 heterocycles. The number of aromatic nitrogens is 1. The van der Waals surface area contributed by atoms with E-state index in [4.69, 9.17) is 4.74 Å². The number of carbonyl (C=O) groups excluding carboxylic acids is 2. The Morgan fingerprint density at radius 1 is 1.19 bits per heavy atom. The molecule has 0 aliphatic carbocycles. The van der Waals surface area contributed by atoms with Gasteiger partial charge in [-0.05, 0) is 30.3 Å². The highest BCUT2D eigenvalue weighted by Gasteiger charge is 2.20. The van der Waals surface area contributed by atoms with Crippen molar-refractivity contribution in [2.75, 3.05) is 18.2 Å². The average Bonchev–Trinajstić information content (AvgIpc) is 2.66. The summed E-state index contributed by atoms with van der Waals surface area (Å²) in [7, 11) is 1.18. The van der Waals surface area contributed by atoms with Gasteiger partial charge in [0.2, 0.25) is 11.3 Å². The van der Waals surface area contributed by atoms with E-state index in [0.717, 1.165) is 11.8 Å². The number of methoxy groups -OCH3 is 1. The molecule has 0 fully saturated rings. The van der Waals surface area contributed by atoms with Crippen LogP contribution in [0.1, 0.15) is 10.4 Å². The average molecular weight is 386 g/mol. The number of halogens is 1. The lowest BCUT2D eigenvalue weighted by Gasteiger charge is -2.10. The largest absolute Gasteiger partial charge is 0.465 e. The van der Waals surface area contributed by atoms with Crippen LogP contribution in [0.25, 0.3) is 10.9 Å². The van der Waals surface area contributed by atoms with E-state index in [1.54, 1.807) is 30.3 Å². The van der Waals surface area contributed by atoms with Crippen molar-refractivity contribution >= 4 is 40.2 Å². The van der Waals surface area contributed by atoms with Crippen LogP contribution in [0.5, 0.6) is 0 Å². The molecule has 3 rings (SSSR count). The Labute approximate surface area is 157 Å². The van der Waals surface area contributed by atoms with Crippen LogP contribution in [0.4, 0.5) is 10.1 Å². The molecule has 8 heteroatoms. The highest BCUT2D eigenvalue weighted by atomic mass is 32.2. The quantitative estimate of drug-likeness (QED) is 0.519. The lowest BCUT2D eigenvalue weighted by molar-refractivity contribution is -0.113. The van der Waals surface area contributed by atoms with Crippen LogP contribution >= 0.6 is 11.8 Å². The van der Waals surface area contributed by atoms with Gasteiger partial charge in [0.05, 0.1) is 23.4 Å². The molecule has 1 aromatic heterocycles. The molecule has 0 atom stereocenters. The van der Waals surface area contributed by atoms with E-state index in [0.29, 0.717) is 16.6 Å². The molecule has 0 unspecified atom stereocenters. The van der Waals surface area contributed by atoms with Gasteiger partial charge in [-0.2, -0.15) is 0 Å². The maximum Gasteiger partial charge on any atom is 0.344 e. The predicted molar refractivity (Wildman–Crippen MR) is 102 cm³/mol. The monoisotopic (exact) mass is 386 g/mol. The first kappa shape index (κ1) is 18.7. The first-order valence-corrected chi connectivity index (χ1v) is 8.89. The van der Waals surface area contributed by atoms with Crippen LogP contribution < -0.4 is 10.7 Å². The number of aromatic amines is 1. The van der Waals surface area contributed by atoms with E-state index in [1.165, 1.54) is 25.3 Å². The molecule has 0 radical (unpaired) electrons. The van der Waals surface area contributed by atoms with Gasteiger partial charge < -0.3 is 15.0 Å². The normalized spacial score (nSPS) is 10.6. The maximum atomic E-state index is 13.2. The van der Waals surface area contributed by atoms with Crippen molar-refractivity contribution in [2.45, 2.75) is 5.03 Å². The SMILES string of the molecule is COC(=O)c1c(SCC(=O)Nc2cccc(F)c2)[nH]c2ccccc2c1=O. The number of carbonyl (C=O) groups is 2. The lowest BCUT2D eigenvalue weighted by atomic mass is 10.1. The molecule has 0 aliphatic rings. The van der Waals surface area contributed by atoms with Crippen LogP contribution in [0.15, 0.2) is 58.4 Å². The molecule has 2 aromatic carbocycles. The van der Waals surface area contributed by atoms with Gasteiger partial charge in [-0.1, -0.05) is 30.0 Å². The van der Waals surface area contributed by atoms with Gasteiger partial charge >= 0.3 is 5.97 Å². The van der Waals surface area contributed by atoms with E-state index < -0.39 is 23.1 Å². The van der Waals surface area contributed by atoms with Gasteiger partial charge in [0, 0.05) is 11.1 Å². The fourth-order valence-electron chi connectivity index (χ4n) is 2.51. The molecule has 2 N–H and O–H groups in total. The molecule has 27 heavy (non-hydrogen) atoms. The van der Waals surface area contributed by atoms with Gasteiger partial charge in [0.15, 0.2) is 0 Å². The third kappa shape index (κ3) is 4.17. The second kappa shape index (κ2) is 8.05. The standard InChI is InChI=1S/C19H15FN2O4S/c1-26-19(25)16-17(24)13-7-2-3-8-14(13)22-18(16)27-10-15(23)21-12-6-4-5-11(20)9-12/h2-9H,10H2,1H3,(H,21,23)(H,22,24). The number of hydrogen-bond acceptors (Lipinski definition) is 5. The number of rotatable bonds is 5. The van der Waals surface area contributed by atoms with Crippen molar-refractivity contribution in [3.63, 3.8) is 0 Å². The van der Waals surface area contributed by atoms with E-state index in [1.807, 2.05) is 0 Å². The third-order valence-corrected chi connectivity index (χ3v) is 4.72. The van der Waals surface area contributed by atoms with Crippen LogP contribution in [-0.4, -0.2) is 29.7 Å².